The summed E-state index contributed by atoms with van der Waals surface area (Å²) in [7, 11) is 0. The van der Waals surface area contributed by atoms with Gasteiger partial charge in [-0.2, -0.15) is 11.8 Å². The van der Waals surface area contributed by atoms with Crippen molar-refractivity contribution in [3.63, 3.8) is 0 Å². The van der Waals surface area contributed by atoms with Gasteiger partial charge in [0.15, 0.2) is 0 Å². The fourth-order valence-corrected chi connectivity index (χ4v) is 6.92. The zero-order chi connectivity index (χ0) is 21.4. The van der Waals surface area contributed by atoms with Crippen molar-refractivity contribution in [1.82, 2.24) is 10.6 Å². The molecule has 1 aliphatic heterocycles. The Bertz CT molecular complexity index is 655. The molecule has 0 aromatic rings. The Hall–Kier alpha value is -0.570. The van der Waals surface area contributed by atoms with E-state index in [0.717, 1.165) is 30.8 Å². The minimum atomic E-state index is -1.10. The highest BCUT2D eigenvalue weighted by Crippen LogP contribution is 2.47. The molecule has 1 heterocycles. The van der Waals surface area contributed by atoms with Crippen LogP contribution >= 0.6 is 23.4 Å². The molecule has 4 aliphatic carbocycles. The van der Waals surface area contributed by atoms with E-state index in [1.807, 2.05) is 11.8 Å². The molecule has 1 saturated heterocycles. The van der Waals surface area contributed by atoms with Gasteiger partial charge in [-0.25, -0.2) is 4.39 Å². The third-order valence-corrected chi connectivity index (χ3v) is 9.15. The molecule has 2 bridgehead atoms. The van der Waals surface area contributed by atoms with E-state index in [1.54, 1.807) is 0 Å². The molecule has 3 N–H and O–H groups in total. The van der Waals surface area contributed by atoms with Gasteiger partial charge in [-0.1, -0.05) is 0 Å². The number of thioether (sulfide) groups is 1. The molecule has 5 unspecified atom stereocenters. The topological polar surface area (TPSA) is 87.7 Å². The molecule has 0 radical (unpaired) electrons. The Morgan fingerprint density at radius 1 is 1.17 bits per heavy atom. The van der Waals surface area contributed by atoms with Gasteiger partial charge in [0.2, 0.25) is 11.8 Å². The molecule has 5 atom stereocenters. The lowest BCUT2D eigenvalue weighted by molar-refractivity contribution is -0.140. The Morgan fingerprint density at radius 2 is 1.93 bits per heavy atom. The van der Waals surface area contributed by atoms with Crippen LogP contribution in [0.4, 0.5) is 4.39 Å². The highest BCUT2D eigenvalue weighted by Gasteiger charge is 2.55. The van der Waals surface area contributed by atoms with Crippen molar-refractivity contribution in [2.24, 2.45) is 5.92 Å². The Labute approximate surface area is 186 Å². The maximum atomic E-state index is 13.7. The predicted molar refractivity (Wildman–Crippen MR) is 114 cm³/mol. The number of fused-ring (bicyclic) bond motifs is 3. The first-order valence-corrected chi connectivity index (χ1v) is 12.7. The van der Waals surface area contributed by atoms with Crippen LogP contribution in [0, 0.1) is 5.92 Å². The van der Waals surface area contributed by atoms with E-state index in [1.165, 1.54) is 0 Å². The quantitative estimate of drug-likeness (QED) is 0.527. The SMILES string of the molecule is O=C(COC1CCC(Cl)C(F)C1)NC12CCC(NC(=O)C3CCSC3)(CC1)CC2O. The molecule has 30 heavy (non-hydrogen) atoms. The van der Waals surface area contributed by atoms with E-state index in [4.69, 9.17) is 16.3 Å². The number of hydrogen-bond acceptors (Lipinski definition) is 5. The zero-order valence-electron chi connectivity index (χ0n) is 17.2. The molecule has 0 spiro atoms. The molecule has 170 valence electrons. The number of carbonyl (C=O) groups is 2. The minimum absolute atomic E-state index is 0.0739. The number of amides is 2. The molecule has 6 nitrogen and oxygen atoms in total. The molecule has 9 heteroatoms. The van der Waals surface area contributed by atoms with Crippen molar-refractivity contribution in [3.05, 3.63) is 0 Å². The van der Waals surface area contributed by atoms with Crippen LogP contribution in [-0.4, -0.2) is 69.9 Å². The summed E-state index contributed by atoms with van der Waals surface area (Å²) in [5, 5.41) is 16.6. The lowest BCUT2D eigenvalue weighted by Crippen LogP contribution is -2.70. The fourth-order valence-electron chi connectivity index (χ4n) is 5.47. The number of ether oxygens (including phenoxy) is 1. The van der Waals surface area contributed by atoms with Crippen LogP contribution in [0.5, 0.6) is 0 Å². The number of aliphatic hydroxyl groups excluding tert-OH is 1. The number of aliphatic hydroxyl groups is 1. The lowest BCUT2D eigenvalue weighted by atomic mass is 9.59. The summed E-state index contributed by atoms with van der Waals surface area (Å²) in [5.74, 6) is 1.81. The van der Waals surface area contributed by atoms with E-state index >= 15 is 0 Å². The second kappa shape index (κ2) is 9.12. The lowest BCUT2D eigenvalue weighted by Gasteiger charge is -2.56. The summed E-state index contributed by atoms with van der Waals surface area (Å²) in [5.41, 5.74) is -1.02. The van der Waals surface area contributed by atoms with Gasteiger partial charge in [0.05, 0.1) is 23.1 Å². The summed E-state index contributed by atoms with van der Waals surface area (Å²) >= 11 is 7.71. The first kappa shape index (κ1) is 22.6. The summed E-state index contributed by atoms with van der Waals surface area (Å²) in [6.45, 7) is -0.139. The van der Waals surface area contributed by atoms with Crippen LogP contribution in [-0.2, 0) is 14.3 Å². The normalized spacial score (nSPS) is 43.4. The van der Waals surface area contributed by atoms with E-state index in [9.17, 15) is 19.1 Å². The molecular formula is C21H32ClFN2O4S. The van der Waals surface area contributed by atoms with Gasteiger partial charge in [-0.15, -0.1) is 11.6 Å². The number of hydrogen-bond donors (Lipinski definition) is 3. The van der Waals surface area contributed by atoms with Crippen molar-refractivity contribution >= 4 is 35.2 Å². The van der Waals surface area contributed by atoms with E-state index in [2.05, 4.69) is 10.6 Å². The standard InChI is InChI=1S/C21H32ClFN2O4S/c22-15-2-1-14(9-16(15)23)29-11-18(27)24-21-6-4-20(5-7-21,10-17(21)26)25-19(28)13-3-8-30-12-13/h13-17,26H,1-12H2,(H,24,27)(H,25,28). The Kier molecular flexibility index (Phi) is 6.88. The van der Waals surface area contributed by atoms with E-state index in [-0.39, 0.29) is 42.4 Å². The Morgan fingerprint density at radius 3 is 2.57 bits per heavy atom. The van der Waals surface area contributed by atoms with Gasteiger partial charge in [0, 0.05) is 23.6 Å². The van der Waals surface area contributed by atoms with E-state index < -0.39 is 23.2 Å². The van der Waals surface area contributed by atoms with Crippen LogP contribution in [0.3, 0.4) is 0 Å². The van der Waals surface area contributed by atoms with Crippen molar-refractivity contribution in [1.29, 1.82) is 0 Å². The zero-order valence-corrected chi connectivity index (χ0v) is 18.8. The van der Waals surface area contributed by atoms with Crippen LogP contribution < -0.4 is 10.6 Å². The van der Waals surface area contributed by atoms with Crippen molar-refractivity contribution in [2.75, 3.05) is 18.1 Å². The summed E-state index contributed by atoms with van der Waals surface area (Å²) < 4.78 is 19.4. The molecular weight excluding hydrogens is 431 g/mol. The maximum absolute atomic E-state index is 13.7. The first-order chi connectivity index (χ1) is 14.3. The van der Waals surface area contributed by atoms with Crippen LogP contribution in [0.2, 0.25) is 0 Å². The minimum Gasteiger partial charge on any atom is -0.391 e. The Balaban J connectivity index is 1.27. The van der Waals surface area contributed by atoms with Gasteiger partial charge >= 0.3 is 0 Å². The van der Waals surface area contributed by atoms with Gasteiger partial charge < -0.3 is 20.5 Å². The molecule has 2 amide bonds. The first-order valence-electron chi connectivity index (χ1n) is 11.1. The largest absolute Gasteiger partial charge is 0.391 e. The van der Waals surface area contributed by atoms with Gasteiger partial charge in [0.25, 0.3) is 0 Å². The van der Waals surface area contributed by atoms with Crippen LogP contribution in [0.1, 0.15) is 57.8 Å². The molecule has 5 rings (SSSR count). The van der Waals surface area contributed by atoms with Crippen LogP contribution in [0.15, 0.2) is 0 Å². The van der Waals surface area contributed by atoms with Gasteiger partial charge in [0.1, 0.15) is 12.8 Å². The molecule has 0 aromatic carbocycles. The summed E-state index contributed by atoms with van der Waals surface area (Å²) in [6.07, 6.45) is 3.46. The second-order valence-electron chi connectivity index (χ2n) is 9.53. The highest BCUT2D eigenvalue weighted by atomic mass is 35.5. The van der Waals surface area contributed by atoms with Crippen molar-refractivity contribution < 1.29 is 23.8 Å². The number of nitrogens with one attached hydrogen (secondary N) is 2. The van der Waals surface area contributed by atoms with Crippen molar-refractivity contribution in [3.8, 4) is 0 Å². The predicted octanol–water partition coefficient (Wildman–Crippen LogP) is 2.30. The second-order valence-corrected chi connectivity index (χ2v) is 11.2. The summed E-state index contributed by atoms with van der Waals surface area (Å²) in [6, 6.07) is 0. The average molecular weight is 463 g/mol. The molecule has 0 aromatic heterocycles. The fraction of sp³-hybridized carbons (Fsp3) is 0.905. The smallest absolute Gasteiger partial charge is 0.246 e. The molecule has 5 fully saturated rings. The molecule has 4 saturated carbocycles. The average Bonchev–Trinajstić information content (AvgIpc) is 3.25. The van der Waals surface area contributed by atoms with Gasteiger partial charge in [-0.05, 0) is 57.1 Å². The molecule has 5 aliphatic rings. The van der Waals surface area contributed by atoms with Crippen LogP contribution in [0.25, 0.3) is 0 Å². The third kappa shape index (κ3) is 4.76. The van der Waals surface area contributed by atoms with Crippen molar-refractivity contribution in [2.45, 2.75) is 92.6 Å². The number of halogens is 2. The van der Waals surface area contributed by atoms with E-state index in [0.29, 0.717) is 32.1 Å². The summed E-state index contributed by atoms with van der Waals surface area (Å²) in [4.78, 5) is 25.1. The number of carbonyl (C=O) groups excluding carboxylic acids is 2. The monoisotopic (exact) mass is 462 g/mol. The highest BCUT2D eigenvalue weighted by molar-refractivity contribution is 7.99. The third-order valence-electron chi connectivity index (χ3n) is 7.49. The number of alkyl halides is 2. The maximum Gasteiger partial charge on any atom is 0.246 e. The number of rotatable bonds is 6. The van der Waals surface area contributed by atoms with Gasteiger partial charge in [-0.3, -0.25) is 9.59 Å².